The fraction of sp³-hybridized carbons (Fsp3) is 0.333. The first-order chi connectivity index (χ1) is 12.3. The number of hydrogen-bond donors (Lipinski definition) is 0. The SMILES string of the molecule is O=C(Cc1noc2ccccc12)N1CCC(Oc2ncccn2)CC1. The number of likely N-dealkylation sites (tertiary alicyclic amines) is 1. The topological polar surface area (TPSA) is 81.4 Å². The predicted octanol–water partition coefficient (Wildman–Crippen LogP) is 2.23. The molecule has 0 spiro atoms. The molecule has 3 aromatic rings. The van der Waals surface area contributed by atoms with Crippen molar-refractivity contribution >= 4 is 16.9 Å². The minimum Gasteiger partial charge on any atom is -0.460 e. The van der Waals surface area contributed by atoms with Crippen LogP contribution in [-0.2, 0) is 11.2 Å². The number of benzene rings is 1. The Morgan fingerprint density at radius 1 is 1.16 bits per heavy atom. The van der Waals surface area contributed by atoms with Crippen molar-refractivity contribution in [3.05, 3.63) is 48.4 Å². The number of hydrogen-bond acceptors (Lipinski definition) is 6. The van der Waals surface area contributed by atoms with E-state index in [4.69, 9.17) is 9.26 Å². The molecular weight excluding hydrogens is 320 g/mol. The Balaban J connectivity index is 1.33. The Kier molecular flexibility index (Phi) is 4.28. The molecule has 128 valence electrons. The van der Waals surface area contributed by atoms with Crippen LogP contribution in [0.1, 0.15) is 18.5 Å². The minimum absolute atomic E-state index is 0.0410. The van der Waals surface area contributed by atoms with Crippen molar-refractivity contribution in [3.63, 3.8) is 0 Å². The number of ether oxygens (including phenoxy) is 1. The molecule has 1 amide bonds. The Hall–Kier alpha value is -2.96. The van der Waals surface area contributed by atoms with Crippen molar-refractivity contribution in [1.82, 2.24) is 20.0 Å². The summed E-state index contributed by atoms with van der Waals surface area (Å²) in [6.07, 6.45) is 5.14. The summed E-state index contributed by atoms with van der Waals surface area (Å²) in [6, 6.07) is 9.73. The van der Waals surface area contributed by atoms with Crippen LogP contribution in [0.3, 0.4) is 0 Å². The average molecular weight is 338 g/mol. The van der Waals surface area contributed by atoms with Gasteiger partial charge in [0.2, 0.25) is 5.91 Å². The highest BCUT2D eigenvalue weighted by Crippen LogP contribution is 2.20. The summed E-state index contributed by atoms with van der Waals surface area (Å²) in [7, 11) is 0. The molecule has 1 fully saturated rings. The Morgan fingerprint density at radius 3 is 2.72 bits per heavy atom. The first-order valence-corrected chi connectivity index (χ1v) is 8.34. The van der Waals surface area contributed by atoms with E-state index in [1.54, 1.807) is 18.5 Å². The van der Waals surface area contributed by atoms with Crippen molar-refractivity contribution in [2.75, 3.05) is 13.1 Å². The lowest BCUT2D eigenvalue weighted by Gasteiger charge is -2.31. The molecule has 2 aromatic heterocycles. The summed E-state index contributed by atoms with van der Waals surface area (Å²) in [5.74, 6) is 0.0634. The molecule has 0 radical (unpaired) electrons. The van der Waals surface area contributed by atoms with Crippen LogP contribution < -0.4 is 4.74 Å². The molecule has 1 aromatic carbocycles. The highest BCUT2D eigenvalue weighted by Gasteiger charge is 2.25. The van der Waals surface area contributed by atoms with Crippen LogP contribution in [0.15, 0.2) is 47.2 Å². The van der Waals surface area contributed by atoms with Crippen molar-refractivity contribution in [2.45, 2.75) is 25.4 Å². The smallest absolute Gasteiger partial charge is 0.316 e. The lowest BCUT2D eigenvalue weighted by atomic mass is 10.1. The number of aromatic nitrogens is 3. The van der Waals surface area contributed by atoms with E-state index < -0.39 is 0 Å². The summed E-state index contributed by atoms with van der Waals surface area (Å²) in [4.78, 5) is 22.6. The van der Waals surface area contributed by atoms with E-state index in [9.17, 15) is 4.79 Å². The van der Waals surface area contributed by atoms with Gasteiger partial charge >= 0.3 is 6.01 Å². The van der Waals surface area contributed by atoms with Crippen molar-refractivity contribution in [2.24, 2.45) is 0 Å². The van der Waals surface area contributed by atoms with Gasteiger partial charge in [0.25, 0.3) is 0 Å². The summed E-state index contributed by atoms with van der Waals surface area (Å²) in [5.41, 5.74) is 1.40. The number of carbonyl (C=O) groups excluding carboxylic acids is 1. The van der Waals surface area contributed by atoms with Gasteiger partial charge in [-0.3, -0.25) is 4.79 Å². The summed E-state index contributed by atoms with van der Waals surface area (Å²) < 4.78 is 11.0. The quantitative estimate of drug-likeness (QED) is 0.725. The summed E-state index contributed by atoms with van der Waals surface area (Å²) in [5, 5.41) is 4.94. The zero-order chi connectivity index (χ0) is 17.1. The molecular formula is C18H18N4O3. The third-order valence-electron chi connectivity index (χ3n) is 4.38. The van der Waals surface area contributed by atoms with Gasteiger partial charge in [-0.25, -0.2) is 9.97 Å². The van der Waals surface area contributed by atoms with E-state index in [0.717, 1.165) is 18.2 Å². The maximum Gasteiger partial charge on any atom is 0.316 e. The van der Waals surface area contributed by atoms with Gasteiger partial charge in [0.15, 0.2) is 5.58 Å². The maximum atomic E-state index is 12.6. The van der Waals surface area contributed by atoms with Gasteiger partial charge in [0, 0.05) is 43.7 Å². The van der Waals surface area contributed by atoms with E-state index in [2.05, 4.69) is 15.1 Å². The van der Waals surface area contributed by atoms with Crippen molar-refractivity contribution in [3.8, 4) is 6.01 Å². The fourth-order valence-electron chi connectivity index (χ4n) is 3.04. The molecule has 7 heteroatoms. The lowest BCUT2D eigenvalue weighted by Crippen LogP contribution is -2.42. The molecule has 4 rings (SSSR count). The molecule has 7 nitrogen and oxygen atoms in total. The molecule has 0 N–H and O–H groups in total. The first kappa shape index (κ1) is 15.6. The van der Waals surface area contributed by atoms with Crippen LogP contribution in [0.4, 0.5) is 0 Å². The summed E-state index contributed by atoms with van der Waals surface area (Å²) >= 11 is 0. The Labute approximate surface area is 144 Å². The third-order valence-corrected chi connectivity index (χ3v) is 4.38. The third kappa shape index (κ3) is 3.45. The number of rotatable bonds is 4. The average Bonchev–Trinajstić information content (AvgIpc) is 3.06. The second-order valence-corrected chi connectivity index (χ2v) is 6.03. The summed E-state index contributed by atoms with van der Waals surface area (Å²) in [6.45, 7) is 1.32. The van der Waals surface area contributed by atoms with E-state index in [-0.39, 0.29) is 18.4 Å². The molecule has 0 atom stereocenters. The zero-order valence-corrected chi connectivity index (χ0v) is 13.7. The Morgan fingerprint density at radius 2 is 1.92 bits per heavy atom. The zero-order valence-electron chi connectivity index (χ0n) is 13.7. The molecule has 25 heavy (non-hydrogen) atoms. The van der Waals surface area contributed by atoms with Gasteiger partial charge in [-0.05, 0) is 18.2 Å². The van der Waals surface area contributed by atoms with Crippen LogP contribution in [0.25, 0.3) is 11.0 Å². The molecule has 1 aliphatic heterocycles. The van der Waals surface area contributed by atoms with E-state index in [1.807, 2.05) is 29.2 Å². The Bertz CT molecular complexity index is 857. The van der Waals surface area contributed by atoms with E-state index >= 15 is 0 Å². The molecule has 1 saturated heterocycles. The minimum atomic E-state index is 0.0410. The van der Waals surface area contributed by atoms with Gasteiger partial charge < -0.3 is 14.2 Å². The van der Waals surface area contributed by atoms with Gasteiger partial charge in [-0.1, -0.05) is 17.3 Å². The van der Waals surface area contributed by atoms with Crippen molar-refractivity contribution in [1.29, 1.82) is 0 Å². The van der Waals surface area contributed by atoms with Gasteiger partial charge in [-0.2, -0.15) is 0 Å². The van der Waals surface area contributed by atoms with Crippen LogP contribution in [0.5, 0.6) is 6.01 Å². The maximum absolute atomic E-state index is 12.6. The number of piperidine rings is 1. The molecule has 0 bridgehead atoms. The van der Waals surface area contributed by atoms with E-state index in [1.165, 1.54) is 0 Å². The second-order valence-electron chi connectivity index (χ2n) is 6.03. The highest BCUT2D eigenvalue weighted by molar-refractivity contribution is 5.86. The van der Waals surface area contributed by atoms with Gasteiger partial charge in [-0.15, -0.1) is 0 Å². The van der Waals surface area contributed by atoms with Gasteiger partial charge in [0.05, 0.1) is 6.42 Å². The standard InChI is InChI=1S/C18H18N4O3/c23-17(12-15-14-4-1-2-5-16(14)25-21-15)22-10-6-13(7-11-22)24-18-19-8-3-9-20-18/h1-5,8-9,13H,6-7,10-12H2. The van der Waals surface area contributed by atoms with Crippen LogP contribution in [0, 0.1) is 0 Å². The monoisotopic (exact) mass is 338 g/mol. The first-order valence-electron chi connectivity index (χ1n) is 8.34. The molecule has 3 heterocycles. The van der Waals surface area contributed by atoms with Crippen LogP contribution in [-0.4, -0.2) is 45.1 Å². The van der Waals surface area contributed by atoms with Crippen LogP contribution in [0.2, 0.25) is 0 Å². The molecule has 0 saturated carbocycles. The predicted molar refractivity (Wildman–Crippen MR) is 90.0 cm³/mol. The lowest BCUT2D eigenvalue weighted by molar-refractivity contribution is -0.132. The number of nitrogens with zero attached hydrogens (tertiary/aromatic N) is 4. The molecule has 0 unspecified atom stereocenters. The van der Waals surface area contributed by atoms with Crippen LogP contribution >= 0.6 is 0 Å². The molecule has 0 aliphatic carbocycles. The number of para-hydroxylation sites is 1. The van der Waals surface area contributed by atoms with Crippen molar-refractivity contribution < 1.29 is 14.1 Å². The fourth-order valence-corrected chi connectivity index (χ4v) is 3.04. The number of amides is 1. The van der Waals surface area contributed by atoms with E-state index in [0.29, 0.717) is 30.4 Å². The number of carbonyl (C=O) groups is 1. The van der Waals surface area contributed by atoms with Gasteiger partial charge in [0.1, 0.15) is 11.8 Å². The molecule has 1 aliphatic rings. The largest absolute Gasteiger partial charge is 0.460 e. The highest BCUT2D eigenvalue weighted by atomic mass is 16.5. The normalized spacial score (nSPS) is 15.4. The second kappa shape index (κ2) is 6.88. The number of fused-ring (bicyclic) bond motifs is 1.